The third-order valence-electron chi connectivity index (χ3n) is 4.95. The van der Waals surface area contributed by atoms with Crippen LogP contribution in [0.2, 0.25) is 0 Å². The summed E-state index contributed by atoms with van der Waals surface area (Å²) in [4.78, 5) is 25.0. The summed E-state index contributed by atoms with van der Waals surface area (Å²) < 4.78 is 5.41. The Hall–Kier alpha value is -2.62. The fourth-order valence-electron chi connectivity index (χ4n) is 3.43. The van der Waals surface area contributed by atoms with E-state index >= 15 is 0 Å². The van der Waals surface area contributed by atoms with Crippen molar-refractivity contribution in [3.8, 4) is 0 Å². The molecule has 0 aromatic heterocycles. The van der Waals surface area contributed by atoms with Crippen LogP contribution in [0.15, 0.2) is 42.5 Å². The number of ether oxygens (including phenoxy) is 1. The van der Waals surface area contributed by atoms with E-state index in [9.17, 15) is 9.59 Å². The van der Waals surface area contributed by atoms with Gasteiger partial charge in [0.15, 0.2) is 6.10 Å². The van der Waals surface area contributed by atoms with E-state index in [-0.39, 0.29) is 11.9 Å². The lowest BCUT2D eigenvalue weighted by molar-refractivity contribution is -0.130. The van der Waals surface area contributed by atoms with Crippen LogP contribution in [-0.2, 0) is 16.0 Å². The van der Waals surface area contributed by atoms with E-state index in [0.29, 0.717) is 5.56 Å². The lowest BCUT2D eigenvalue weighted by atomic mass is 9.87. The summed E-state index contributed by atoms with van der Waals surface area (Å²) >= 11 is 0. The zero-order valence-electron chi connectivity index (χ0n) is 15.5. The van der Waals surface area contributed by atoms with Crippen molar-refractivity contribution < 1.29 is 14.3 Å². The zero-order chi connectivity index (χ0) is 18.7. The summed E-state index contributed by atoms with van der Waals surface area (Å²) in [7, 11) is 0. The molecule has 0 saturated heterocycles. The first-order valence-corrected chi connectivity index (χ1v) is 9.12. The van der Waals surface area contributed by atoms with E-state index in [0.717, 1.165) is 30.4 Å². The summed E-state index contributed by atoms with van der Waals surface area (Å²) in [6.07, 6.45) is 2.15. The van der Waals surface area contributed by atoms with Crippen molar-refractivity contribution in [3.05, 3.63) is 70.3 Å². The van der Waals surface area contributed by atoms with Crippen molar-refractivity contribution in [1.29, 1.82) is 0 Å². The Morgan fingerprint density at radius 3 is 2.73 bits per heavy atom. The molecule has 2 aromatic carbocycles. The summed E-state index contributed by atoms with van der Waals surface area (Å²) in [5.74, 6) is -0.719. The van der Waals surface area contributed by atoms with E-state index in [1.54, 1.807) is 13.0 Å². The number of carbonyl (C=O) groups is 2. The normalized spacial score (nSPS) is 17.1. The molecular weight excluding hydrogens is 326 g/mol. The molecule has 4 nitrogen and oxygen atoms in total. The molecule has 1 amide bonds. The minimum Gasteiger partial charge on any atom is -0.449 e. The summed E-state index contributed by atoms with van der Waals surface area (Å²) in [6, 6.07) is 13.8. The van der Waals surface area contributed by atoms with Crippen LogP contribution < -0.4 is 5.32 Å². The highest BCUT2D eigenvalue weighted by molar-refractivity contribution is 5.93. The van der Waals surface area contributed by atoms with E-state index in [2.05, 4.69) is 17.4 Å². The zero-order valence-corrected chi connectivity index (χ0v) is 15.5. The predicted octanol–water partition coefficient (Wildman–Crippen LogP) is 4.04. The Balaban J connectivity index is 1.65. The number of esters is 1. The van der Waals surface area contributed by atoms with Crippen LogP contribution in [-0.4, -0.2) is 18.0 Å². The molecule has 0 saturated carbocycles. The molecule has 4 heteroatoms. The lowest BCUT2D eigenvalue weighted by Gasteiger charge is -2.27. The minimum atomic E-state index is -0.837. The number of rotatable bonds is 4. The molecule has 1 aliphatic carbocycles. The van der Waals surface area contributed by atoms with Gasteiger partial charge in [-0.2, -0.15) is 0 Å². The molecule has 0 radical (unpaired) electrons. The van der Waals surface area contributed by atoms with Crippen LogP contribution in [0.25, 0.3) is 0 Å². The molecule has 26 heavy (non-hydrogen) atoms. The van der Waals surface area contributed by atoms with Crippen LogP contribution in [0, 0.1) is 13.8 Å². The molecular formula is C22H25NO3. The van der Waals surface area contributed by atoms with Crippen molar-refractivity contribution >= 4 is 11.9 Å². The molecule has 0 spiro atoms. The van der Waals surface area contributed by atoms with Crippen molar-refractivity contribution in [3.63, 3.8) is 0 Å². The number of fused-ring (bicyclic) bond motifs is 1. The standard InChI is InChI=1S/C22H25NO3/c1-14-11-12-15(2)19(13-14)22(25)26-16(3)21(24)23-20-10-6-8-17-7-4-5-9-18(17)20/h4-5,7,9,11-13,16,20H,6,8,10H2,1-3H3,(H,23,24)/t16-,20+/m0/s1. The van der Waals surface area contributed by atoms with Crippen LogP contribution in [0.3, 0.4) is 0 Å². The summed E-state index contributed by atoms with van der Waals surface area (Å²) in [5.41, 5.74) is 4.78. The molecule has 0 bridgehead atoms. The molecule has 136 valence electrons. The van der Waals surface area contributed by atoms with Crippen molar-refractivity contribution in [2.45, 2.75) is 52.2 Å². The molecule has 1 N–H and O–H groups in total. The number of nitrogens with one attached hydrogen (secondary N) is 1. The first-order chi connectivity index (χ1) is 12.5. The van der Waals surface area contributed by atoms with Gasteiger partial charge in [-0.25, -0.2) is 4.79 Å². The van der Waals surface area contributed by atoms with Gasteiger partial charge in [-0.1, -0.05) is 42.0 Å². The van der Waals surface area contributed by atoms with Crippen LogP contribution in [0.1, 0.15) is 58.4 Å². The smallest absolute Gasteiger partial charge is 0.339 e. The van der Waals surface area contributed by atoms with Gasteiger partial charge in [-0.15, -0.1) is 0 Å². The van der Waals surface area contributed by atoms with Crippen LogP contribution >= 0.6 is 0 Å². The van der Waals surface area contributed by atoms with Gasteiger partial charge in [0.25, 0.3) is 5.91 Å². The monoisotopic (exact) mass is 351 g/mol. The molecule has 3 rings (SSSR count). The first-order valence-electron chi connectivity index (χ1n) is 9.12. The molecule has 0 fully saturated rings. The van der Waals surface area contributed by atoms with Gasteiger partial charge in [0, 0.05) is 0 Å². The second kappa shape index (κ2) is 7.73. The largest absolute Gasteiger partial charge is 0.449 e. The SMILES string of the molecule is Cc1ccc(C)c(C(=O)O[C@@H](C)C(=O)N[C@@H]2CCCc3ccccc32)c1. The second-order valence-corrected chi connectivity index (χ2v) is 7.02. The van der Waals surface area contributed by atoms with Gasteiger partial charge in [0.1, 0.15) is 0 Å². The molecule has 0 aliphatic heterocycles. The van der Waals surface area contributed by atoms with E-state index in [4.69, 9.17) is 4.74 Å². The van der Waals surface area contributed by atoms with Gasteiger partial charge >= 0.3 is 5.97 Å². The van der Waals surface area contributed by atoms with E-state index in [1.165, 1.54) is 11.1 Å². The number of carbonyl (C=O) groups excluding carboxylic acids is 2. The Morgan fingerprint density at radius 2 is 1.92 bits per heavy atom. The molecule has 0 unspecified atom stereocenters. The highest BCUT2D eigenvalue weighted by Gasteiger charge is 2.26. The number of benzene rings is 2. The highest BCUT2D eigenvalue weighted by Crippen LogP contribution is 2.29. The van der Waals surface area contributed by atoms with E-state index < -0.39 is 12.1 Å². The van der Waals surface area contributed by atoms with Gasteiger partial charge in [-0.3, -0.25) is 4.79 Å². The van der Waals surface area contributed by atoms with Crippen molar-refractivity contribution in [2.24, 2.45) is 0 Å². The molecule has 2 aromatic rings. The van der Waals surface area contributed by atoms with Crippen LogP contribution in [0.5, 0.6) is 0 Å². The number of aryl methyl sites for hydroxylation is 3. The highest BCUT2D eigenvalue weighted by atomic mass is 16.5. The number of hydrogen-bond acceptors (Lipinski definition) is 3. The van der Waals surface area contributed by atoms with Gasteiger partial charge in [-0.05, 0) is 62.8 Å². The number of hydrogen-bond donors (Lipinski definition) is 1. The first kappa shape index (κ1) is 18.2. The van der Waals surface area contributed by atoms with Gasteiger partial charge in [0.2, 0.25) is 0 Å². The summed E-state index contributed by atoms with van der Waals surface area (Å²) in [5, 5.41) is 3.04. The van der Waals surface area contributed by atoms with Gasteiger partial charge < -0.3 is 10.1 Å². The maximum absolute atomic E-state index is 12.6. The van der Waals surface area contributed by atoms with Gasteiger partial charge in [0.05, 0.1) is 11.6 Å². The lowest BCUT2D eigenvalue weighted by Crippen LogP contribution is -2.39. The average Bonchev–Trinajstić information content (AvgIpc) is 2.63. The average molecular weight is 351 g/mol. The fourth-order valence-corrected chi connectivity index (χ4v) is 3.43. The molecule has 0 heterocycles. The maximum atomic E-state index is 12.6. The van der Waals surface area contributed by atoms with E-state index in [1.807, 2.05) is 38.1 Å². The Morgan fingerprint density at radius 1 is 1.15 bits per heavy atom. The Bertz CT molecular complexity index is 828. The Kier molecular flexibility index (Phi) is 5.40. The quantitative estimate of drug-likeness (QED) is 0.846. The maximum Gasteiger partial charge on any atom is 0.339 e. The van der Waals surface area contributed by atoms with Crippen molar-refractivity contribution in [2.75, 3.05) is 0 Å². The molecule has 1 aliphatic rings. The molecule has 2 atom stereocenters. The third-order valence-corrected chi connectivity index (χ3v) is 4.95. The fraction of sp³-hybridized carbons (Fsp3) is 0.364. The predicted molar refractivity (Wildman–Crippen MR) is 101 cm³/mol. The minimum absolute atomic E-state index is 0.0192. The van der Waals surface area contributed by atoms with Crippen molar-refractivity contribution in [1.82, 2.24) is 5.32 Å². The third kappa shape index (κ3) is 3.96. The summed E-state index contributed by atoms with van der Waals surface area (Å²) in [6.45, 7) is 5.40. The van der Waals surface area contributed by atoms with Crippen LogP contribution in [0.4, 0.5) is 0 Å². The Labute approximate surface area is 154 Å². The number of amides is 1. The topological polar surface area (TPSA) is 55.4 Å². The second-order valence-electron chi connectivity index (χ2n) is 7.02.